The lowest BCUT2D eigenvalue weighted by Gasteiger charge is -2.26. The molecular formula is C17H20N2O. The average molecular weight is 268 g/mol. The van der Waals surface area contributed by atoms with Crippen LogP contribution in [0.4, 0.5) is 5.69 Å². The molecule has 1 amide bonds. The summed E-state index contributed by atoms with van der Waals surface area (Å²) in [5.41, 5.74) is 1.21. The van der Waals surface area contributed by atoms with Crippen molar-refractivity contribution in [2.24, 2.45) is 5.92 Å². The lowest BCUT2D eigenvalue weighted by Crippen LogP contribution is -2.41. The van der Waals surface area contributed by atoms with Crippen molar-refractivity contribution in [2.45, 2.75) is 25.3 Å². The zero-order valence-electron chi connectivity index (χ0n) is 11.7. The van der Waals surface area contributed by atoms with Crippen LogP contribution in [-0.4, -0.2) is 36.5 Å². The van der Waals surface area contributed by atoms with E-state index in [1.54, 1.807) is 0 Å². The molecule has 1 saturated heterocycles. The fourth-order valence-corrected chi connectivity index (χ4v) is 2.83. The molecule has 0 radical (unpaired) electrons. The Morgan fingerprint density at radius 1 is 1.10 bits per heavy atom. The normalized spacial score (nSPS) is 23.1. The van der Waals surface area contributed by atoms with Crippen LogP contribution in [0.1, 0.15) is 19.3 Å². The van der Waals surface area contributed by atoms with Crippen molar-refractivity contribution in [1.82, 2.24) is 4.90 Å². The number of para-hydroxylation sites is 1. The highest BCUT2D eigenvalue weighted by Gasteiger charge is 2.36. The van der Waals surface area contributed by atoms with Crippen LogP contribution >= 0.6 is 0 Å². The summed E-state index contributed by atoms with van der Waals surface area (Å²) >= 11 is 0. The first kappa shape index (κ1) is 13.1. The van der Waals surface area contributed by atoms with Crippen LogP contribution in [0.5, 0.6) is 0 Å². The monoisotopic (exact) mass is 268 g/mol. The van der Waals surface area contributed by atoms with E-state index in [0.29, 0.717) is 0 Å². The molecule has 3 rings (SSSR count). The van der Waals surface area contributed by atoms with Gasteiger partial charge in [0.15, 0.2) is 0 Å². The van der Waals surface area contributed by atoms with Crippen LogP contribution in [0, 0.1) is 18.3 Å². The molecule has 0 spiro atoms. The standard InChI is InChI=1S/C17H20N2O/c1-2-15-10-11-18(16-6-4-3-5-7-16)12-13-19(15)17(20)14-8-9-14/h1,3-7,14-15H,8-13H2. The number of carbonyl (C=O) groups excluding carboxylic acids is 1. The van der Waals surface area contributed by atoms with Crippen molar-refractivity contribution in [1.29, 1.82) is 0 Å². The predicted molar refractivity (Wildman–Crippen MR) is 80.3 cm³/mol. The molecule has 1 unspecified atom stereocenters. The summed E-state index contributed by atoms with van der Waals surface area (Å²) in [6.45, 7) is 2.51. The number of nitrogens with zero attached hydrogens (tertiary/aromatic N) is 2. The minimum atomic E-state index is -0.0446. The van der Waals surface area contributed by atoms with E-state index in [1.807, 2.05) is 23.1 Å². The molecule has 2 fully saturated rings. The largest absolute Gasteiger partial charge is 0.370 e. The SMILES string of the molecule is C#CC1CCN(c2ccccc2)CCN1C(=O)C1CC1. The third-order valence-corrected chi connectivity index (χ3v) is 4.18. The molecule has 1 saturated carbocycles. The molecular weight excluding hydrogens is 248 g/mol. The van der Waals surface area contributed by atoms with E-state index >= 15 is 0 Å². The second-order valence-corrected chi connectivity index (χ2v) is 5.60. The molecule has 1 heterocycles. The molecule has 1 aliphatic carbocycles. The fraction of sp³-hybridized carbons (Fsp3) is 0.471. The van der Waals surface area contributed by atoms with Crippen molar-refractivity contribution in [2.75, 3.05) is 24.5 Å². The summed E-state index contributed by atoms with van der Waals surface area (Å²) in [6, 6.07) is 10.3. The number of hydrogen-bond acceptors (Lipinski definition) is 2. The number of rotatable bonds is 2. The van der Waals surface area contributed by atoms with E-state index in [1.165, 1.54) is 5.69 Å². The van der Waals surface area contributed by atoms with E-state index in [-0.39, 0.29) is 17.9 Å². The number of carbonyl (C=O) groups is 1. The Kier molecular flexibility index (Phi) is 3.64. The van der Waals surface area contributed by atoms with Gasteiger partial charge in [0.2, 0.25) is 5.91 Å². The molecule has 0 N–H and O–H groups in total. The van der Waals surface area contributed by atoms with Crippen molar-refractivity contribution in [3.05, 3.63) is 30.3 Å². The molecule has 1 aromatic rings. The number of hydrogen-bond donors (Lipinski definition) is 0. The van der Waals surface area contributed by atoms with Crippen LogP contribution < -0.4 is 4.90 Å². The van der Waals surface area contributed by atoms with Crippen molar-refractivity contribution < 1.29 is 4.79 Å². The van der Waals surface area contributed by atoms with Gasteiger partial charge in [-0.25, -0.2) is 0 Å². The van der Waals surface area contributed by atoms with Crippen molar-refractivity contribution >= 4 is 11.6 Å². The van der Waals surface area contributed by atoms with Gasteiger partial charge < -0.3 is 9.80 Å². The van der Waals surface area contributed by atoms with Crippen LogP contribution in [0.2, 0.25) is 0 Å². The van der Waals surface area contributed by atoms with E-state index in [0.717, 1.165) is 38.9 Å². The first-order valence-corrected chi connectivity index (χ1v) is 7.36. The Balaban J connectivity index is 1.73. The smallest absolute Gasteiger partial charge is 0.226 e. The quantitative estimate of drug-likeness (QED) is 0.767. The highest BCUT2D eigenvalue weighted by atomic mass is 16.2. The minimum Gasteiger partial charge on any atom is -0.370 e. The number of anilines is 1. The van der Waals surface area contributed by atoms with Gasteiger partial charge in [0.05, 0.1) is 6.04 Å². The molecule has 1 aliphatic heterocycles. The maximum absolute atomic E-state index is 12.3. The maximum atomic E-state index is 12.3. The highest BCUT2D eigenvalue weighted by molar-refractivity contribution is 5.81. The van der Waals surface area contributed by atoms with E-state index < -0.39 is 0 Å². The Morgan fingerprint density at radius 2 is 1.85 bits per heavy atom. The molecule has 1 aromatic carbocycles. The molecule has 3 heteroatoms. The Morgan fingerprint density at radius 3 is 2.50 bits per heavy atom. The predicted octanol–water partition coefficient (Wildman–Crippen LogP) is 2.14. The Labute approximate surface area is 120 Å². The third-order valence-electron chi connectivity index (χ3n) is 4.18. The minimum absolute atomic E-state index is 0.0446. The van der Waals surface area contributed by atoms with Crippen LogP contribution in [0.3, 0.4) is 0 Å². The average Bonchev–Trinajstić information content (AvgIpc) is 3.33. The second-order valence-electron chi connectivity index (χ2n) is 5.60. The molecule has 2 aliphatic rings. The summed E-state index contributed by atoms with van der Waals surface area (Å²) in [4.78, 5) is 16.6. The van der Waals surface area contributed by atoms with Gasteiger partial charge in [-0.3, -0.25) is 4.79 Å². The second kappa shape index (κ2) is 5.58. The van der Waals surface area contributed by atoms with E-state index in [4.69, 9.17) is 6.42 Å². The zero-order chi connectivity index (χ0) is 13.9. The van der Waals surface area contributed by atoms with Gasteiger partial charge in [-0.15, -0.1) is 6.42 Å². The summed E-state index contributed by atoms with van der Waals surface area (Å²) in [5.74, 6) is 3.32. The van der Waals surface area contributed by atoms with Crippen LogP contribution in [0.15, 0.2) is 30.3 Å². The number of terminal acetylenes is 1. The molecule has 104 valence electrons. The number of amides is 1. The Bertz CT molecular complexity index is 516. The van der Waals surface area contributed by atoms with Crippen molar-refractivity contribution in [3.8, 4) is 12.3 Å². The topological polar surface area (TPSA) is 23.6 Å². The molecule has 20 heavy (non-hydrogen) atoms. The van der Waals surface area contributed by atoms with Gasteiger partial charge in [-0.2, -0.15) is 0 Å². The van der Waals surface area contributed by atoms with Crippen molar-refractivity contribution in [3.63, 3.8) is 0 Å². The maximum Gasteiger partial charge on any atom is 0.226 e. The number of benzene rings is 1. The molecule has 1 atom stereocenters. The van der Waals surface area contributed by atoms with Gasteiger partial charge in [0.25, 0.3) is 0 Å². The Hall–Kier alpha value is -1.95. The molecule has 0 bridgehead atoms. The summed E-state index contributed by atoms with van der Waals surface area (Å²) in [5, 5.41) is 0. The third kappa shape index (κ3) is 2.65. The van der Waals surface area contributed by atoms with Crippen LogP contribution in [-0.2, 0) is 4.79 Å². The molecule has 0 aromatic heterocycles. The first-order chi connectivity index (χ1) is 9.79. The fourth-order valence-electron chi connectivity index (χ4n) is 2.83. The van der Waals surface area contributed by atoms with Gasteiger partial charge in [-0.1, -0.05) is 24.1 Å². The van der Waals surface area contributed by atoms with E-state index in [9.17, 15) is 4.79 Å². The van der Waals surface area contributed by atoms with Gasteiger partial charge in [0.1, 0.15) is 0 Å². The van der Waals surface area contributed by atoms with Gasteiger partial charge in [0, 0.05) is 31.2 Å². The lowest BCUT2D eigenvalue weighted by molar-refractivity contribution is -0.133. The summed E-state index contributed by atoms with van der Waals surface area (Å²) in [7, 11) is 0. The summed E-state index contributed by atoms with van der Waals surface area (Å²) in [6.07, 6.45) is 8.57. The van der Waals surface area contributed by atoms with Gasteiger partial charge in [-0.05, 0) is 31.4 Å². The lowest BCUT2D eigenvalue weighted by atomic mass is 10.1. The zero-order valence-corrected chi connectivity index (χ0v) is 11.7. The summed E-state index contributed by atoms with van der Waals surface area (Å²) < 4.78 is 0. The molecule has 3 nitrogen and oxygen atoms in total. The van der Waals surface area contributed by atoms with Crippen LogP contribution in [0.25, 0.3) is 0 Å². The van der Waals surface area contributed by atoms with E-state index in [2.05, 4.69) is 23.0 Å². The van der Waals surface area contributed by atoms with Gasteiger partial charge >= 0.3 is 0 Å². The first-order valence-electron chi connectivity index (χ1n) is 7.36. The highest BCUT2D eigenvalue weighted by Crippen LogP contribution is 2.32.